The Morgan fingerprint density at radius 1 is 1.41 bits per heavy atom. The number of amides is 2. The first-order valence-electron chi connectivity index (χ1n) is 6.24. The summed E-state index contributed by atoms with van der Waals surface area (Å²) in [7, 11) is 0. The minimum atomic E-state index is -0.476. The van der Waals surface area contributed by atoms with Gasteiger partial charge in [-0.05, 0) is 17.9 Å². The quantitative estimate of drug-likeness (QED) is 0.829. The van der Waals surface area contributed by atoms with Gasteiger partial charge in [-0.1, -0.05) is 57.0 Å². The molecule has 1 fully saturated rings. The molecule has 94 valence electrons. The average Bonchev–Trinajstić information content (AvgIpc) is 3.10. The third-order valence-corrected chi connectivity index (χ3v) is 2.79. The van der Waals surface area contributed by atoms with Gasteiger partial charge >= 0.3 is 6.03 Å². The fourth-order valence-corrected chi connectivity index (χ4v) is 1.44. The lowest BCUT2D eigenvalue weighted by atomic mass is 10.1. The molecular weight excluding hydrogens is 212 g/mol. The van der Waals surface area contributed by atoms with Crippen molar-refractivity contribution in [2.24, 2.45) is 11.7 Å². The zero-order valence-electron chi connectivity index (χ0n) is 10.6. The highest BCUT2D eigenvalue weighted by Gasteiger charge is 2.12. The fourth-order valence-electron chi connectivity index (χ4n) is 1.44. The summed E-state index contributed by atoms with van der Waals surface area (Å²) in [5.41, 5.74) is 6.14. The highest BCUT2D eigenvalue weighted by atomic mass is 16.2. The van der Waals surface area contributed by atoms with Crippen LogP contribution in [0.3, 0.4) is 0 Å². The van der Waals surface area contributed by atoms with Gasteiger partial charge in [0.2, 0.25) is 0 Å². The van der Waals surface area contributed by atoms with Crippen LogP contribution in [0.15, 0.2) is 30.3 Å². The Morgan fingerprint density at radius 3 is 2.29 bits per heavy atom. The van der Waals surface area contributed by atoms with Crippen molar-refractivity contribution in [3.63, 3.8) is 0 Å². The van der Waals surface area contributed by atoms with Gasteiger partial charge in [0.1, 0.15) is 0 Å². The Kier molecular flexibility index (Phi) is 5.53. The molecule has 1 aromatic rings. The molecule has 17 heavy (non-hydrogen) atoms. The van der Waals surface area contributed by atoms with E-state index in [1.54, 1.807) is 0 Å². The lowest BCUT2D eigenvalue weighted by molar-refractivity contribution is 0.245. The van der Waals surface area contributed by atoms with Crippen LogP contribution in [0, 0.1) is 5.92 Å². The summed E-state index contributed by atoms with van der Waals surface area (Å²) in [4.78, 5) is 10.7. The standard InChI is InChI=1S/C10H14N2O.C4H8/c1-2-9(12-10(11)13)8-6-4-3-5-7-8;1-4-2-3-4/h3-7,9H,2H2,1H3,(H3,11,12,13);4H,2-3H2,1H3. The SMILES string of the molecule is CC1CC1.CCC(NC(N)=O)c1ccccc1. The van der Waals surface area contributed by atoms with Crippen molar-refractivity contribution in [2.75, 3.05) is 0 Å². The third kappa shape index (κ3) is 5.95. The first-order valence-corrected chi connectivity index (χ1v) is 6.24. The van der Waals surface area contributed by atoms with Crippen LogP contribution in [-0.4, -0.2) is 6.03 Å². The number of urea groups is 1. The zero-order chi connectivity index (χ0) is 12.7. The highest BCUT2D eigenvalue weighted by Crippen LogP contribution is 2.26. The van der Waals surface area contributed by atoms with Crippen molar-refractivity contribution in [1.29, 1.82) is 0 Å². The van der Waals surface area contributed by atoms with E-state index in [0.29, 0.717) is 0 Å². The van der Waals surface area contributed by atoms with Crippen LogP contribution in [0.1, 0.15) is 44.7 Å². The molecule has 2 rings (SSSR count). The maximum absolute atomic E-state index is 10.7. The molecule has 3 nitrogen and oxygen atoms in total. The van der Waals surface area contributed by atoms with Gasteiger partial charge in [0.15, 0.2) is 0 Å². The number of carbonyl (C=O) groups excluding carboxylic acids is 1. The van der Waals surface area contributed by atoms with Gasteiger partial charge in [-0.15, -0.1) is 0 Å². The van der Waals surface area contributed by atoms with E-state index in [4.69, 9.17) is 5.73 Å². The molecule has 0 bridgehead atoms. The summed E-state index contributed by atoms with van der Waals surface area (Å²) in [6.07, 6.45) is 3.81. The van der Waals surface area contributed by atoms with E-state index < -0.39 is 6.03 Å². The number of hydrogen-bond donors (Lipinski definition) is 2. The summed E-state index contributed by atoms with van der Waals surface area (Å²) >= 11 is 0. The molecule has 1 atom stereocenters. The maximum atomic E-state index is 10.7. The van der Waals surface area contributed by atoms with E-state index in [-0.39, 0.29) is 6.04 Å². The normalized spacial score (nSPS) is 15.4. The molecule has 1 aliphatic carbocycles. The number of nitrogens with one attached hydrogen (secondary N) is 1. The van der Waals surface area contributed by atoms with Crippen molar-refractivity contribution in [3.05, 3.63) is 35.9 Å². The molecule has 1 unspecified atom stereocenters. The molecule has 0 saturated heterocycles. The molecule has 3 heteroatoms. The summed E-state index contributed by atoms with van der Waals surface area (Å²) in [5, 5.41) is 2.68. The number of hydrogen-bond acceptors (Lipinski definition) is 1. The summed E-state index contributed by atoms with van der Waals surface area (Å²) in [5.74, 6) is 1.08. The highest BCUT2D eigenvalue weighted by molar-refractivity contribution is 5.72. The molecule has 2 amide bonds. The molecule has 0 radical (unpaired) electrons. The molecule has 1 aromatic carbocycles. The van der Waals surface area contributed by atoms with Crippen molar-refractivity contribution in [3.8, 4) is 0 Å². The summed E-state index contributed by atoms with van der Waals surface area (Å²) in [6.45, 7) is 4.29. The molecule has 0 aliphatic heterocycles. The number of nitrogens with two attached hydrogens (primary N) is 1. The smallest absolute Gasteiger partial charge is 0.312 e. The van der Waals surface area contributed by atoms with E-state index in [2.05, 4.69) is 12.2 Å². The molecular formula is C14H22N2O. The van der Waals surface area contributed by atoms with Crippen LogP contribution in [0.2, 0.25) is 0 Å². The van der Waals surface area contributed by atoms with Crippen LogP contribution in [0.25, 0.3) is 0 Å². The molecule has 0 spiro atoms. The van der Waals surface area contributed by atoms with E-state index in [0.717, 1.165) is 17.9 Å². The Hall–Kier alpha value is -1.51. The lowest BCUT2D eigenvalue weighted by Gasteiger charge is -2.15. The fraction of sp³-hybridized carbons (Fsp3) is 0.500. The monoisotopic (exact) mass is 234 g/mol. The third-order valence-electron chi connectivity index (χ3n) is 2.79. The van der Waals surface area contributed by atoms with Crippen LogP contribution in [0.5, 0.6) is 0 Å². The second kappa shape index (κ2) is 6.94. The lowest BCUT2D eigenvalue weighted by Crippen LogP contribution is -2.32. The van der Waals surface area contributed by atoms with Gasteiger partial charge < -0.3 is 11.1 Å². The minimum absolute atomic E-state index is 0.0266. The Balaban J connectivity index is 0.000000302. The number of primary amides is 1. The number of benzene rings is 1. The number of rotatable bonds is 3. The van der Waals surface area contributed by atoms with Gasteiger partial charge in [0.05, 0.1) is 6.04 Å². The van der Waals surface area contributed by atoms with E-state index in [1.807, 2.05) is 37.3 Å². The first-order chi connectivity index (χ1) is 8.13. The summed E-state index contributed by atoms with van der Waals surface area (Å²) < 4.78 is 0. The molecule has 0 aromatic heterocycles. The Labute approximate surface area is 103 Å². The van der Waals surface area contributed by atoms with Crippen molar-refractivity contribution in [1.82, 2.24) is 5.32 Å². The molecule has 1 aliphatic rings. The zero-order valence-corrected chi connectivity index (χ0v) is 10.6. The second-order valence-electron chi connectivity index (χ2n) is 4.56. The number of carbonyl (C=O) groups is 1. The van der Waals surface area contributed by atoms with Crippen LogP contribution in [0.4, 0.5) is 4.79 Å². The molecule has 0 heterocycles. The topological polar surface area (TPSA) is 55.1 Å². The molecule has 1 saturated carbocycles. The largest absolute Gasteiger partial charge is 0.352 e. The Morgan fingerprint density at radius 2 is 1.94 bits per heavy atom. The van der Waals surface area contributed by atoms with Crippen molar-refractivity contribution < 1.29 is 4.79 Å². The van der Waals surface area contributed by atoms with Crippen LogP contribution in [-0.2, 0) is 0 Å². The van der Waals surface area contributed by atoms with Crippen molar-refractivity contribution in [2.45, 2.75) is 39.2 Å². The molecule has 3 N–H and O–H groups in total. The van der Waals surface area contributed by atoms with E-state index in [9.17, 15) is 4.79 Å². The van der Waals surface area contributed by atoms with Gasteiger partial charge in [-0.3, -0.25) is 0 Å². The van der Waals surface area contributed by atoms with Gasteiger partial charge in [0.25, 0.3) is 0 Å². The van der Waals surface area contributed by atoms with Crippen LogP contribution < -0.4 is 11.1 Å². The summed E-state index contributed by atoms with van der Waals surface area (Å²) in [6, 6.07) is 9.34. The van der Waals surface area contributed by atoms with Gasteiger partial charge in [-0.2, -0.15) is 0 Å². The van der Waals surface area contributed by atoms with Gasteiger partial charge in [-0.25, -0.2) is 4.79 Å². The van der Waals surface area contributed by atoms with Crippen LogP contribution >= 0.6 is 0 Å². The predicted octanol–water partition coefficient (Wildman–Crippen LogP) is 3.22. The van der Waals surface area contributed by atoms with Crippen molar-refractivity contribution >= 4 is 6.03 Å². The first kappa shape index (κ1) is 13.6. The van der Waals surface area contributed by atoms with E-state index >= 15 is 0 Å². The minimum Gasteiger partial charge on any atom is -0.352 e. The Bertz CT molecular complexity index is 333. The van der Waals surface area contributed by atoms with E-state index in [1.165, 1.54) is 12.8 Å². The predicted molar refractivity (Wildman–Crippen MR) is 70.6 cm³/mol. The average molecular weight is 234 g/mol. The maximum Gasteiger partial charge on any atom is 0.312 e. The second-order valence-corrected chi connectivity index (χ2v) is 4.56. The van der Waals surface area contributed by atoms with Gasteiger partial charge in [0, 0.05) is 0 Å².